The van der Waals surface area contributed by atoms with Crippen LogP contribution in [-0.2, 0) is 4.57 Å². The Morgan fingerprint density at radius 2 is 2.38 bits per heavy atom. The van der Waals surface area contributed by atoms with Gasteiger partial charge in [0.05, 0.1) is 0 Å². The van der Waals surface area contributed by atoms with Crippen LogP contribution in [0.3, 0.4) is 0 Å². The molecule has 0 N–H and O–H groups in total. The maximum atomic E-state index is 11.3. The predicted octanol–water partition coefficient (Wildman–Crippen LogP) is 2.29. The lowest BCUT2D eigenvalue weighted by molar-refractivity contribution is 0.584. The van der Waals surface area contributed by atoms with Gasteiger partial charge in [-0.05, 0) is 25.3 Å². The molecule has 0 aromatic carbocycles. The van der Waals surface area contributed by atoms with Crippen LogP contribution in [0, 0.1) is 0 Å². The maximum absolute atomic E-state index is 11.3. The van der Waals surface area contributed by atoms with E-state index in [1.807, 2.05) is 13.6 Å². The molecule has 2 heteroatoms. The van der Waals surface area contributed by atoms with Gasteiger partial charge in [-0.1, -0.05) is 6.08 Å². The zero-order valence-electron chi connectivity index (χ0n) is 5.35. The monoisotopic (exact) mass is 130 g/mol. The fourth-order valence-corrected chi connectivity index (χ4v) is 2.38. The molecule has 1 heterocycles. The summed E-state index contributed by atoms with van der Waals surface area (Å²) in [5.41, 5.74) is 0. The average Bonchev–Trinajstić information content (AvgIpc) is 1.86. The lowest BCUT2D eigenvalue weighted by atomic mass is 10.4. The van der Waals surface area contributed by atoms with Gasteiger partial charge in [-0.15, -0.1) is 0 Å². The Kier molecular flexibility index (Phi) is 1.32. The van der Waals surface area contributed by atoms with Crippen LogP contribution in [0.25, 0.3) is 0 Å². The molecule has 0 aromatic heterocycles. The quantitative estimate of drug-likeness (QED) is 0.460. The second-order valence-corrected chi connectivity index (χ2v) is 5.81. The minimum atomic E-state index is -1.77. The average molecular weight is 130 g/mol. The van der Waals surface area contributed by atoms with E-state index < -0.39 is 7.14 Å². The number of allylic oxidation sites excluding steroid dienone is 2. The van der Waals surface area contributed by atoms with E-state index in [0.29, 0.717) is 0 Å². The summed E-state index contributed by atoms with van der Waals surface area (Å²) in [6.07, 6.45) is 4.01. The molecule has 1 atom stereocenters. The SMILES string of the molecule is CC1=CCC[P@@]1(C)=O. The molecule has 0 radical (unpaired) electrons. The standard InChI is InChI=1S/C6H11OP/c1-6-4-3-5-8(6,2)7/h4H,3,5H2,1-2H3/t8-/m1/s1. The number of rotatable bonds is 0. The van der Waals surface area contributed by atoms with E-state index in [9.17, 15) is 4.57 Å². The second kappa shape index (κ2) is 1.73. The Bertz CT molecular complexity index is 169. The lowest BCUT2D eigenvalue weighted by Gasteiger charge is -2.02. The highest BCUT2D eigenvalue weighted by Crippen LogP contribution is 2.54. The summed E-state index contributed by atoms with van der Waals surface area (Å²) in [6.45, 7) is 3.83. The first-order valence-electron chi connectivity index (χ1n) is 2.87. The highest BCUT2D eigenvalue weighted by atomic mass is 31.2. The Morgan fingerprint density at radius 3 is 2.50 bits per heavy atom. The third-order valence-electron chi connectivity index (χ3n) is 1.74. The smallest absolute Gasteiger partial charge is 0.108 e. The minimum Gasteiger partial charge on any atom is -0.319 e. The van der Waals surface area contributed by atoms with Crippen molar-refractivity contribution in [2.75, 3.05) is 12.8 Å². The fraction of sp³-hybridized carbons (Fsp3) is 0.667. The van der Waals surface area contributed by atoms with Crippen molar-refractivity contribution < 1.29 is 4.57 Å². The molecule has 1 aliphatic heterocycles. The van der Waals surface area contributed by atoms with Gasteiger partial charge in [0.1, 0.15) is 7.14 Å². The molecule has 8 heavy (non-hydrogen) atoms. The molecule has 0 amide bonds. The molecule has 1 aliphatic rings. The Labute approximate surface area is 50.2 Å². The van der Waals surface area contributed by atoms with Crippen molar-refractivity contribution in [3.05, 3.63) is 11.4 Å². The summed E-state index contributed by atoms with van der Waals surface area (Å²) in [7, 11) is -1.77. The van der Waals surface area contributed by atoms with Crippen LogP contribution in [0.4, 0.5) is 0 Å². The zero-order valence-corrected chi connectivity index (χ0v) is 6.24. The molecule has 0 bridgehead atoms. The largest absolute Gasteiger partial charge is 0.319 e. The van der Waals surface area contributed by atoms with Gasteiger partial charge < -0.3 is 4.57 Å². The second-order valence-electron chi connectivity index (χ2n) is 2.46. The number of hydrogen-bond acceptors (Lipinski definition) is 1. The first kappa shape index (κ1) is 6.10. The Hall–Kier alpha value is -0.0300. The first-order chi connectivity index (χ1) is 3.63. The van der Waals surface area contributed by atoms with Crippen molar-refractivity contribution in [2.45, 2.75) is 13.3 Å². The summed E-state index contributed by atoms with van der Waals surface area (Å²) < 4.78 is 11.3. The van der Waals surface area contributed by atoms with Crippen LogP contribution < -0.4 is 0 Å². The van der Waals surface area contributed by atoms with E-state index in [1.165, 1.54) is 0 Å². The van der Waals surface area contributed by atoms with Crippen LogP contribution >= 0.6 is 7.14 Å². The van der Waals surface area contributed by atoms with E-state index in [-0.39, 0.29) is 0 Å². The molecular weight excluding hydrogens is 119 g/mol. The molecule has 0 fully saturated rings. The Morgan fingerprint density at radius 1 is 1.75 bits per heavy atom. The molecular formula is C6H11OP. The van der Waals surface area contributed by atoms with E-state index in [1.54, 1.807) is 0 Å². The van der Waals surface area contributed by atoms with Crippen LogP contribution in [0.2, 0.25) is 0 Å². The molecule has 0 saturated heterocycles. The van der Waals surface area contributed by atoms with Crippen molar-refractivity contribution in [1.29, 1.82) is 0 Å². The van der Waals surface area contributed by atoms with Gasteiger partial charge in [0.25, 0.3) is 0 Å². The first-order valence-corrected chi connectivity index (χ1v) is 5.21. The van der Waals surface area contributed by atoms with Crippen molar-refractivity contribution in [2.24, 2.45) is 0 Å². The van der Waals surface area contributed by atoms with E-state index >= 15 is 0 Å². The van der Waals surface area contributed by atoms with Gasteiger partial charge in [-0.3, -0.25) is 0 Å². The van der Waals surface area contributed by atoms with Gasteiger partial charge in [0, 0.05) is 6.16 Å². The summed E-state index contributed by atoms with van der Waals surface area (Å²) in [4.78, 5) is 0. The van der Waals surface area contributed by atoms with Crippen molar-refractivity contribution in [1.82, 2.24) is 0 Å². The van der Waals surface area contributed by atoms with Crippen LogP contribution in [0.5, 0.6) is 0 Å². The van der Waals surface area contributed by atoms with Gasteiger partial charge >= 0.3 is 0 Å². The van der Waals surface area contributed by atoms with Gasteiger partial charge in [0.15, 0.2) is 0 Å². The predicted molar refractivity (Wildman–Crippen MR) is 36.8 cm³/mol. The third kappa shape index (κ3) is 0.877. The molecule has 0 aromatic rings. The summed E-state index contributed by atoms with van der Waals surface area (Å²) in [5.74, 6) is 0. The highest BCUT2D eigenvalue weighted by Gasteiger charge is 2.20. The van der Waals surface area contributed by atoms with E-state index in [4.69, 9.17) is 0 Å². The van der Waals surface area contributed by atoms with Crippen molar-refractivity contribution in [3.63, 3.8) is 0 Å². The van der Waals surface area contributed by atoms with Gasteiger partial charge in [-0.2, -0.15) is 0 Å². The Balaban J connectivity index is 2.90. The maximum Gasteiger partial charge on any atom is 0.108 e. The molecule has 0 aliphatic carbocycles. The minimum absolute atomic E-state index is 0.902. The lowest BCUT2D eigenvalue weighted by Crippen LogP contribution is -1.76. The molecule has 0 saturated carbocycles. The van der Waals surface area contributed by atoms with Crippen molar-refractivity contribution in [3.8, 4) is 0 Å². The number of hydrogen-bond donors (Lipinski definition) is 0. The van der Waals surface area contributed by atoms with Gasteiger partial charge in [0.2, 0.25) is 0 Å². The third-order valence-corrected chi connectivity index (χ3v) is 4.53. The van der Waals surface area contributed by atoms with Crippen LogP contribution in [0.1, 0.15) is 13.3 Å². The molecule has 1 rings (SSSR count). The van der Waals surface area contributed by atoms with Crippen molar-refractivity contribution >= 4 is 7.14 Å². The molecule has 1 nitrogen and oxygen atoms in total. The molecule has 0 unspecified atom stereocenters. The highest BCUT2D eigenvalue weighted by molar-refractivity contribution is 7.67. The summed E-state index contributed by atoms with van der Waals surface area (Å²) >= 11 is 0. The fourth-order valence-electron chi connectivity index (χ4n) is 0.889. The van der Waals surface area contributed by atoms with Gasteiger partial charge in [-0.25, -0.2) is 0 Å². The summed E-state index contributed by atoms with van der Waals surface area (Å²) in [6, 6.07) is 0. The normalized spacial score (nSPS) is 37.5. The van der Waals surface area contributed by atoms with E-state index in [2.05, 4.69) is 6.08 Å². The zero-order chi connectivity index (χ0) is 6.20. The van der Waals surface area contributed by atoms with Crippen LogP contribution in [0.15, 0.2) is 11.4 Å². The summed E-state index contributed by atoms with van der Waals surface area (Å²) in [5, 5.41) is 1.12. The molecule has 0 spiro atoms. The van der Waals surface area contributed by atoms with E-state index in [0.717, 1.165) is 17.9 Å². The molecule has 46 valence electrons. The van der Waals surface area contributed by atoms with Crippen LogP contribution in [-0.4, -0.2) is 12.8 Å². The topological polar surface area (TPSA) is 17.1 Å².